The van der Waals surface area contributed by atoms with E-state index >= 15 is 0 Å². The molecule has 0 fully saturated rings. The van der Waals surface area contributed by atoms with E-state index in [0.717, 1.165) is 16.8 Å². The van der Waals surface area contributed by atoms with Crippen LogP contribution in [0, 0.1) is 6.92 Å². The summed E-state index contributed by atoms with van der Waals surface area (Å²) in [6.07, 6.45) is 0. The molecule has 0 atom stereocenters. The second-order valence-electron chi connectivity index (χ2n) is 5.05. The summed E-state index contributed by atoms with van der Waals surface area (Å²) in [4.78, 5) is 0. The first kappa shape index (κ1) is 13.5. The first-order chi connectivity index (χ1) is 10.3. The molecule has 0 saturated carbocycles. The van der Waals surface area contributed by atoms with Crippen molar-refractivity contribution in [2.75, 3.05) is 0 Å². The summed E-state index contributed by atoms with van der Waals surface area (Å²) >= 11 is 0. The van der Waals surface area contributed by atoms with Gasteiger partial charge in [-0.15, -0.1) is 5.10 Å². The molecule has 0 aliphatic heterocycles. The Labute approximate surface area is 123 Å². The molecule has 3 aromatic rings. The molecule has 0 radical (unpaired) electrons. The van der Waals surface area contributed by atoms with Crippen molar-refractivity contribution in [2.24, 2.45) is 0 Å². The van der Waals surface area contributed by atoms with Gasteiger partial charge in [-0.05, 0) is 12.5 Å². The van der Waals surface area contributed by atoms with Crippen LogP contribution in [0.2, 0.25) is 0 Å². The van der Waals surface area contributed by atoms with E-state index in [-0.39, 0.29) is 6.61 Å². The molecule has 106 valence electrons. The van der Waals surface area contributed by atoms with Crippen LogP contribution in [-0.2, 0) is 13.2 Å². The predicted molar refractivity (Wildman–Crippen MR) is 81.7 cm³/mol. The molecule has 0 aliphatic rings. The van der Waals surface area contributed by atoms with Crippen molar-refractivity contribution >= 4 is 0 Å². The van der Waals surface area contributed by atoms with Crippen LogP contribution in [0.5, 0.6) is 0 Å². The molecule has 0 unspecified atom stereocenters. The number of aliphatic hydroxyl groups excluding tert-OH is 1. The number of benzene rings is 2. The summed E-state index contributed by atoms with van der Waals surface area (Å²) in [6.45, 7) is 2.57. The van der Waals surface area contributed by atoms with Gasteiger partial charge in [-0.2, -0.15) is 0 Å². The molecule has 0 saturated heterocycles. The van der Waals surface area contributed by atoms with Gasteiger partial charge in [0.1, 0.15) is 5.69 Å². The third-order valence-electron chi connectivity index (χ3n) is 3.45. The van der Waals surface area contributed by atoms with Gasteiger partial charge in [0.05, 0.1) is 18.8 Å². The number of aliphatic hydroxyl groups is 1. The third-order valence-corrected chi connectivity index (χ3v) is 3.45. The Hall–Kier alpha value is -2.46. The quantitative estimate of drug-likeness (QED) is 0.799. The van der Waals surface area contributed by atoms with Crippen molar-refractivity contribution in [2.45, 2.75) is 20.1 Å². The number of aromatic nitrogens is 3. The van der Waals surface area contributed by atoms with Crippen LogP contribution in [-0.4, -0.2) is 20.1 Å². The van der Waals surface area contributed by atoms with Gasteiger partial charge in [-0.3, -0.25) is 0 Å². The third kappa shape index (κ3) is 2.85. The standard InChI is InChI=1S/C17H17N3O/c1-13-7-9-15(10-8-13)17-16(12-21)18-19-20(17)11-14-5-3-2-4-6-14/h2-10,21H,11-12H2,1H3. The fourth-order valence-corrected chi connectivity index (χ4v) is 2.35. The topological polar surface area (TPSA) is 50.9 Å². The van der Waals surface area contributed by atoms with Crippen LogP contribution in [0.15, 0.2) is 54.6 Å². The van der Waals surface area contributed by atoms with Crippen LogP contribution in [0.1, 0.15) is 16.8 Å². The Morgan fingerprint density at radius 3 is 2.38 bits per heavy atom. The van der Waals surface area contributed by atoms with Crippen LogP contribution < -0.4 is 0 Å². The molecule has 21 heavy (non-hydrogen) atoms. The highest BCUT2D eigenvalue weighted by molar-refractivity contribution is 5.62. The number of aryl methyl sites for hydroxylation is 1. The van der Waals surface area contributed by atoms with E-state index in [9.17, 15) is 5.11 Å². The average molecular weight is 279 g/mol. The predicted octanol–water partition coefficient (Wildman–Crippen LogP) is 2.79. The normalized spacial score (nSPS) is 10.8. The first-order valence-corrected chi connectivity index (χ1v) is 6.92. The number of rotatable bonds is 4. The lowest BCUT2D eigenvalue weighted by atomic mass is 10.1. The molecular weight excluding hydrogens is 262 g/mol. The maximum Gasteiger partial charge on any atom is 0.116 e. The van der Waals surface area contributed by atoms with Gasteiger partial charge in [0.25, 0.3) is 0 Å². The molecule has 4 nitrogen and oxygen atoms in total. The largest absolute Gasteiger partial charge is 0.390 e. The minimum absolute atomic E-state index is 0.113. The van der Waals surface area contributed by atoms with Crippen molar-refractivity contribution in [3.63, 3.8) is 0 Å². The van der Waals surface area contributed by atoms with Crippen LogP contribution >= 0.6 is 0 Å². The van der Waals surface area contributed by atoms with Gasteiger partial charge in [-0.1, -0.05) is 65.4 Å². The minimum Gasteiger partial charge on any atom is -0.390 e. The molecule has 0 spiro atoms. The first-order valence-electron chi connectivity index (χ1n) is 6.92. The van der Waals surface area contributed by atoms with Gasteiger partial charge in [0.15, 0.2) is 0 Å². The van der Waals surface area contributed by atoms with Gasteiger partial charge in [0, 0.05) is 5.56 Å². The van der Waals surface area contributed by atoms with E-state index in [1.54, 1.807) is 0 Å². The van der Waals surface area contributed by atoms with Crippen LogP contribution in [0.3, 0.4) is 0 Å². The summed E-state index contributed by atoms with van der Waals surface area (Å²) in [5, 5.41) is 17.8. The summed E-state index contributed by atoms with van der Waals surface area (Å²) in [5.41, 5.74) is 4.85. The van der Waals surface area contributed by atoms with Crippen molar-refractivity contribution in [1.29, 1.82) is 0 Å². The van der Waals surface area contributed by atoms with E-state index in [0.29, 0.717) is 12.2 Å². The minimum atomic E-state index is -0.113. The summed E-state index contributed by atoms with van der Waals surface area (Å²) in [6, 6.07) is 18.3. The van der Waals surface area contributed by atoms with Crippen molar-refractivity contribution in [3.8, 4) is 11.3 Å². The molecule has 1 N–H and O–H groups in total. The zero-order valence-electron chi connectivity index (χ0n) is 11.9. The molecular formula is C17H17N3O. The Morgan fingerprint density at radius 1 is 1.00 bits per heavy atom. The van der Waals surface area contributed by atoms with Gasteiger partial charge in [0.2, 0.25) is 0 Å². The second-order valence-corrected chi connectivity index (χ2v) is 5.05. The molecule has 1 heterocycles. The average Bonchev–Trinajstić information content (AvgIpc) is 2.92. The number of nitrogens with zero attached hydrogens (tertiary/aromatic N) is 3. The lowest BCUT2D eigenvalue weighted by Crippen LogP contribution is -2.04. The SMILES string of the molecule is Cc1ccc(-c2c(CO)nnn2Cc2ccccc2)cc1. The van der Waals surface area contributed by atoms with Crippen LogP contribution in [0.4, 0.5) is 0 Å². The molecule has 0 amide bonds. The van der Waals surface area contributed by atoms with E-state index < -0.39 is 0 Å². The van der Waals surface area contributed by atoms with E-state index in [2.05, 4.69) is 41.5 Å². The van der Waals surface area contributed by atoms with Gasteiger partial charge >= 0.3 is 0 Å². The van der Waals surface area contributed by atoms with Gasteiger partial charge < -0.3 is 5.11 Å². The van der Waals surface area contributed by atoms with Crippen molar-refractivity contribution < 1.29 is 5.11 Å². The van der Waals surface area contributed by atoms with E-state index in [1.165, 1.54) is 5.56 Å². The lowest BCUT2D eigenvalue weighted by molar-refractivity contribution is 0.277. The van der Waals surface area contributed by atoms with Crippen molar-refractivity contribution in [1.82, 2.24) is 15.0 Å². The Morgan fingerprint density at radius 2 is 1.71 bits per heavy atom. The number of hydrogen-bond donors (Lipinski definition) is 1. The van der Waals surface area contributed by atoms with Crippen molar-refractivity contribution in [3.05, 3.63) is 71.4 Å². The second kappa shape index (κ2) is 5.89. The summed E-state index contributed by atoms with van der Waals surface area (Å²) < 4.78 is 1.84. The fourth-order valence-electron chi connectivity index (χ4n) is 2.35. The zero-order chi connectivity index (χ0) is 14.7. The molecule has 3 rings (SSSR count). The molecule has 0 bridgehead atoms. The highest BCUT2D eigenvalue weighted by Gasteiger charge is 2.14. The van der Waals surface area contributed by atoms with Crippen LogP contribution in [0.25, 0.3) is 11.3 Å². The highest BCUT2D eigenvalue weighted by atomic mass is 16.3. The molecule has 4 heteroatoms. The molecule has 2 aromatic carbocycles. The fraction of sp³-hybridized carbons (Fsp3) is 0.176. The molecule has 1 aromatic heterocycles. The number of hydrogen-bond acceptors (Lipinski definition) is 3. The van der Waals surface area contributed by atoms with Gasteiger partial charge in [-0.25, -0.2) is 4.68 Å². The Bertz CT molecular complexity index is 718. The zero-order valence-corrected chi connectivity index (χ0v) is 11.9. The summed E-state index contributed by atoms with van der Waals surface area (Å²) in [5.74, 6) is 0. The highest BCUT2D eigenvalue weighted by Crippen LogP contribution is 2.23. The van der Waals surface area contributed by atoms with E-state index in [1.807, 2.05) is 35.0 Å². The Kier molecular flexibility index (Phi) is 3.79. The maximum atomic E-state index is 9.50. The smallest absolute Gasteiger partial charge is 0.116 e. The monoisotopic (exact) mass is 279 g/mol. The summed E-state index contributed by atoms with van der Waals surface area (Å²) in [7, 11) is 0. The lowest BCUT2D eigenvalue weighted by Gasteiger charge is -2.08. The molecule has 0 aliphatic carbocycles. The Balaban J connectivity index is 2.02. The maximum absolute atomic E-state index is 9.50. The van der Waals surface area contributed by atoms with E-state index in [4.69, 9.17) is 0 Å².